The van der Waals surface area contributed by atoms with E-state index in [1.165, 1.54) is 11.6 Å². The summed E-state index contributed by atoms with van der Waals surface area (Å²) in [5.41, 5.74) is 4.02. The molecule has 1 atom stereocenters. The number of likely N-dealkylation sites (tertiary alicyclic amines) is 1. The summed E-state index contributed by atoms with van der Waals surface area (Å²) in [4.78, 5) is 14.8. The van der Waals surface area contributed by atoms with Gasteiger partial charge in [-0.1, -0.05) is 31.0 Å². The van der Waals surface area contributed by atoms with Gasteiger partial charge in [-0.15, -0.1) is 0 Å². The van der Waals surface area contributed by atoms with Crippen molar-refractivity contribution >= 4 is 11.7 Å². The van der Waals surface area contributed by atoms with Crippen LogP contribution in [-0.4, -0.2) is 17.5 Å². The van der Waals surface area contributed by atoms with Gasteiger partial charge in [0.05, 0.1) is 6.04 Å². The molecule has 3 nitrogen and oxygen atoms in total. The third-order valence-electron chi connectivity index (χ3n) is 5.01. The molecule has 1 aliphatic heterocycles. The van der Waals surface area contributed by atoms with E-state index >= 15 is 0 Å². The van der Waals surface area contributed by atoms with Crippen LogP contribution in [0.2, 0.25) is 0 Å². The highest BCUT2D eigenvalue weighted by molar-refractivity contribution is 5.89. The van der Waals surface area contributed by atoms with Crippen LogP contribution in [0.3, 0.4) is 0 Å². The van der Waals surface area contributed by atoms with Crippen LogP contribution in [0.5, 0.6) is 0 Å². The number of nitrogens with one attached hydrogen (secondary N) is 1. The minimum absolute atomic E-state index is 0.0789. The zero-order chi connectivity index (χ0) is 17.8. The summed E-state index contributed by atoms with van der Waals surface area (Å²) in [6, 6.07) is 12.4. The number of halogens is 1. The standard InChI is InChI=1S/C21H25FN2O/c1-15-10-11-19(13-16(15)2)23-21(25)24-12-5-3-4-9-20(24)17-7-6-8-18(22)14-17/h6-8,10-11,13-14,20H,3-5,9,12H2,1-2H3,(H,23,25)/t20-/m1/s1. The van der Waals surface area contributed by atoms with Crippen LogP contribution in [0, 0.1) is 19.7 Å². The van der Waals surface area contributed by atoms with E-state index in [1.807, 2.05) is 36.1 Å². The zero-order valence-corrected chi connectivity index (χ0v) is 14.9. The lowest BCUT2D eigenvalue weighted by atomic mass is 10.0. The number of rotatable bonds is 2. The second-order valence-electron chi connectivity index (χ2n) is 6.84. The number of carbonyl (C=O) groups excluding carboxylic acids is 1. The van der Waals surface area contributed by atoms with Crippen LogP contribution in [0.1, 0.15) is 48.4 Å². The van der Waals surface area contributed by atoms with Crippen molar-refractivity contribution in [1.29, 1.82) is 0 Å². The van der Waals surface area contributed by atoms with Crippen LogP contribution in [0.4, 0.5) is 14.9 Å². The molecule has 1 aliphatic rings. The number of amides is 2. The first-order valence-electron chi connectivity index (χ1n) is 8.95. The van der Waals surface area contributed by atoms with E-state index in [-0.39, 0.29) is 17.9 Å². The first-order chi connectivity index (χ1) is 12.0. The van der Waals surface area contributed by atoms with E-state index < -0.39 is 0 Å². The van der Waals surface area contributed by atoms with Crippen LogP contribution in [0.15, 0.2) is 42.5 Å². The summed E-state index contributed by atoms with van der Waals surface area (Å²) in [6.45, 7) is 4.78. The minimum Gasteiger partial charge on any atom is -0.317 e. The molecule has 0 spiro atoms. The van der Waals surface area contributed by atoms with Gasteiger partial charge in [0, 0.05) is 12.2 Å². The number of carbonyl (C=O) groups is 1. The molecule has 4 heteroatoms. The molecule has 0 radical (unpaired) electrons. The van der Waals surface area contributed by atoms with E-state index in [1.54, 1.807) is 12.1 Å². The molecule has 0 unspecified atom stereocenters. The average Bonchev–Trinajstić information content (AvgIpc) is 2.84. The predicted octanol–water partition coefficient (Wildman–Crippen LogP) is 5.59. The Morgan fingerprint density at radius 3 is 2.68 bits per heavy atom. The fourth-order valence-electron chi connectivity index (χ4n) is 3.43. The fourth-order valence-corrected chi connectivity index (χ4v) is 3.43. The highest BCUT2D eigenvalue weighted by Gasteiger charge is 2.27. The van der Waals surface area contributed by atoms with Gasteiger partial charge in [0.2, 0.25) is 0 Å². The Kier molecular flexibility index (Phi) is 5.37. The largest absolute Gasteiger partial charge is 0.322 e. The predicted molar refractivity (Wildman–Crippen MR) is 99.2 cm³/mol. The van der Waals surface area contributed by atoms with Gasteiger partial charge in [0.15, 0.2) is 0 Å². The molecule has 2 aromatic rings. The van der Waals surface area contributed by atoms with Crippen molar-refractivity contribution < 1.29 is 9.18 Å². The zero-order valence-electron chi connectivity index (χ0n) is 14.9. The number of urea groups is 1. The molecule has 0 aliphatic carbocycles. The Hall–Kier alpha value is -2.36. The van der Waals surface area contributed by atoms with Gasteiger partial charge >= 0.3 is 6.03 Å². The molecule has 3 rings (SSSR count). The minimum atomic E-state index is -0.253. The number of anilines is 1. The van der Waals surface area contributed by atoms with E-state index in [4.69, 9.17) is 0 Å². The number of hydrogen-bond donors (Lipinski definition) is 1. The van der Waals surface area contributed by atoms with Crippen molar-refractivity contribution in [1.82, 2.24) is 4.90 Å². The number of nitrogens with zero attached hydrogens (tertiary/aromatic N) is 1. The number of hydrogen-bond acceptors (Lipinski definition) is 1. The van der Waals surface area contributed by atoms with Crippen LogP contribution < -0.4 is 5.32 Å². The summed E-state index contributed by atoms with van der Waals surface area (Å²) in [7, 11) is 0. The van der Waals surface area contributed by atoms with Crippen LogP contribution in [0.25, 0.3) is 0 Å². The van der Waals surface area contributed by atoms with E-state index in [9.17, 15) is 9.18 Å². The highest BCUT2D eigenvalue weighted by atomic mass is 19.1. The van der Waals surface area contributed by atoms with Crippen molar-refractivity contribution in [3.8, 4) is 0 Å². The Labute approximate surface area is 148 Å². The van der Waals surface area contributed by atoms with Crippen molar-refractivity contribution in [2.75, 3.05) is 11.9 Å². The van der Waals surface area contributed by atoms with E-state index in [0.29, 0.717) is 6.54 Å². The molecule has 1 saturated heterocycles. The Morgan fingerprint density at radius 1 is 1.08 bits per heavy atom. The van der Waals surface area contributed by atoms with Gasteiger partial charge in [-0.3, -0.25) is 0 Å². The molecular weight excluding hydrogens is 315 g/mol. The maximum absolute atomic E-state index is 13.7. The summed E-state index contributed by atoms with van der Waals surface area (Å²) < 4.78 is 13.7. The number of aryl methyl sites for hydroxylation is 2. The maximum atomic E-state index is 13.7. The topological polar surface area (TPSA) is 32.3 Å². The molecule has 1 fully saturated rings. The summed E-state index contributed by atoms with van der Waals surface area (Å²) >= 11 is 0. The Morgan fingerprint density at radius 2 is 1.92 bits per heavy atom. The maximum Gasteiger partial charge on any atom is 0.322 e. The third kappa shape index (κ3) is 4.19. The normalized spacial score (nSPS) is 17.9. The van der Waals surface area contributed by atoms with E-state index in [0.717, 1.165) is 42.5 Å². The van der Waals surface area contributed by atoms with E-state index in [2.05, 4.69) is 12.2 Å². The van der Waals surface area contributed by atoms with Gasteiger partial charge in [-0.25, -0.2) is 9.18 Å². The molecule has 1 heterocycles. The third-order valence-corrected chi connectivity index (χ3v) is 5.01. The van der Waals surface area contributed by atoms with Gasteiger partial charge in [-0.05, 0) is 67.6 Å². The molecule has 2 amide bonds. The molecule has 0 aromatic heterocycles. The second-order valence-corrected chi connectivity index (χ2v) is 6.84. The van der Waals surface area contributed by atoms with Crippen LogP contribution in [-0.2, 0) is 0 Å². The molecule has 2 aromatic carbocycles. The Balaban J connectivity index is 1.82. The summed E-state index contributed by atoms with van der Waals surface area (Å²) in [6.07, 6.45) is 3.99. The van der Waals surface area contributed by atoms with Crippen molar-refractivity contribution in [3.05, 3.63) is 65.0 Å². The SMILES string of the molecule is Cc1ccc(NC(=O)N2CCCCC[C@@H]2c2cccc(F)c2)cc1C. The first kappa shape index (κ1) is 17.5. The van der Waals surface area contributed by atoms with Gasteiger partial charge in [-0.2, -0.15) is 0 Å². The van der Waals surface area contributed by atoms with Crippen molar-refractivity contribution in [2.24, 2.45) is 0 Å². The monoisotopic (exact) mass is 340 g/mol. The first-order valence-corrected chi connectivity index (χ1v) is 8.95. The summed E-state index contributed by atoms with van der Waals surface area (Å²) in [5, 5.41) is 3.02. The van der Waals surface area contributed by atoms with Crippen LogP contribution >= 0.6 is 0 Å². The second kappa shape index (κ2) is 7.68. The lowest BCUT2D eigenvalue weighted by Gasteiger charge is -2.30. The molecular formula is C21H25FN2O. The molecule has 1 N–H and O–H groups in total. The molecule has 0 bridgehead atoms. The highest BCUT2D eigenvalue weighted by Crippen LogP contribution is 2.31. The summed E-state index contributed by atoms with van der Waals surface area (Å²) in [5.74, 6) is -0.253. The van der Waals surface area contributed by atoms with Gasteiger partial charge < -0.3 is 10.2 Å². The van der Waals surface area contributed by atoms with Gasteiger partial charge in [0.1, 0.15) is 5.82 Å². The fraction of sp³-hybridized carbons (Fsp3) is 0.381. The quantitative estimate of drug-likeness (QED) is 0.759. The molecule has 0 saturated carbocycles. The number of benzene rings is 2. The van der Waals surface area contributed by atoms with Crippen molar-refractivity contribution in [2.45, 2.75) is 45.6 Å². The lowest BCUT2D eigenvalue weighted by molar-refractivity contribution is 0.189. The lowest BCUT2D eigenvalue weighted by Crippen LogP contribution is -2.38. The smallest absolute Gasteiger partial charge is 0.317 e. The van der Waals surface area contributed by atoms with Gasteiger partial charge in [0.25, 0.3) is 0 Å². The molecule has 25 heavy (non-hydrogen) atoms. The molecule has 132 valence electrons. The van der Waals surface area contributed by atoms with Crippen molar-refractivity contribution in [3.63, 3.8) is 0 Å². The Bertz CT molecular complexity index is 759. The average molecular weight is 340 g/mol.